The Labute approximate surface area is 111 Å². The molecule has 0 fully saturated rings. The SMILES string of the molecule is CC(C)c1ccc(C(C)C)c(SC(C)(C)C)c1. The van der Waals surface area contributed by atoms with Gasteiger partial charge in [-0.1, -0.05) is 60.6 Å². The van der Waals surface area contributed by atoms with Crippen LogP contribution in [0.25, 0.3) is 0 Å². The van der Waals surface area contributed by atoms with Crippen LogP contribution in [0, 0.1) is 0 Å². The van der Waals surface area contributed by atoms with Gasteiger partial charge >= 0.3 is 0 Å². The van der Waals surface area contributed by atoms with Crippen LogP contribution in [-0.2, 0) is 0 Å². The van der Waals surface area contributed by atoms with Gasteiger partial charge in [0.2, 0.25) is 0 Å². The van der Waals surface area contributed by atoms with Crippen LogP contribution in [0.15, 0.2) is 23.1 Å². The second kappa shape index (κ2) is 5.48. The zero-order chi connectivity index (χ0) is 13.2. The lowest BCUT2D eigenvalue weighted by Crippen LogP contribution is -2.08. The van der Waals surface area contributed by atoms with Crippen molar-refractivity contribution in [3.63, 3.8) is 0 Å². The van der Waals surface area contributed by atoms with Crippen molar-refractivity contribution in [3.8, 4) is 0 Å². The van der Waals surface area contributed by atoms with Crippen LogP contribution in [0.3, 0.4) is 0 Å². The van der Waals surface area contributed by atoms with E-state index in [9.17, 15) is 0 Å². The van der Waals surface area contributed by atoms with E-state index >= 15 is 0 Å². The van der Waals surface area contributed by atoms with Crippen molar-refractivity contribution < 1.29 is 0 Å². The molecule has 0 aliphatic rings. The van der Waals surface area contributed by atoms with Gasteiger partial charge in [0.1, 0.15) is 0 Å². The molecule has 0 N–H and O–H groups in total. The van der Waals surface area contributed by atoms with Gasteiger partial charge in [-0.2, -0.15) is 0 Å². The maximum Gasteiger partial charge on any atom is 0.0122 e. The van der Waals surface area contributed by atoms with Crippen molar-refractivity contribution in [2.24, 2.45) is 0 Å². The number of thioether (sulfide) groups is 1. The number of benzene rings is 1. The van der Waals surface area contributed by atoms with Gasteiger partial charge in [0, 0.05) is 9.64 Å². The molecule has 1 aromatic rings. The molecule has 1 rings (SSSR count). The summed E-state index contributed by atoms with van der Waals surface area (Å²) >= 11 is 1.99. The summed E-state index contributed by atoms with van der Waals surface area (Å²) in [6, 6.07) is 6.98. The fourth-order valence-electron chi connectivity index (χ4n) is 1.81. The summed E-state index contributed by atoms with van der Waals surface area (Å²) in [5.74, 6) is 1.21. The molecule has 0 bridgehead atoms. The molecule has 0 aliphatic heterocycles. The van der Waals surface area contributed by atoms with Crippen LogP contribution in [-0.4, -0.2) is 4.75 Å². The van der Waals surface area contributed by atoms with Crippen molar-refractivity contribution in [1.82, 2.24) is 0 Å². The second-order valence-corrected chi connectivity index (χ2v) is 8.19. The fraction of sp³-hybridized carbons (Fsp3) is 0.625. The van der Waals surface area contributed by atoms with Gasteiger partial charge in [0.25, 0.3) is 0 Å². The normalized spacial score (nSPS) is 12.5. The van der Waals surface area contributed by atoms with E-state index in [1.807, 2.05) is 11.8 Å². The van der Waals surface area contributed by atoms with Gasteiger partial charge in [0.05, 0.1) is 0 Å². The maximum atomic E-state index is 2.38. The lowest BCUT2D eigenvalue weighted by molar-refractivity contribution is 0.789. The van der Waals surface area contributed by atoms with Crippen LogP contribution in [0.1, 0.15) is 71.4 Å². The van der Waals surface area contributed by atoms with Crippen LogP contribution in [0.5, 0.6) is 0 Å². The first-order valence-electron chi connectivity index (χ1n) is 6.53. The molecule has 17 heavy (non-hydrogen) atoms. The minimum absolute atomic E-state index is 0.277. The second-order valence-electron chi connectivity index (χ2n) is 6.32. The highest BCUT2D eigenvalue weighted by Crippen LogP contribution is 2.38. The molecule has 0 saturated heterocycles. The molecule has 0 nitrogen and oxygen atoms in total. The predicted molar refractivity (Wildman–Crippen MR) is 80.2 cm³/mol. The van der Waals surface area contributed by atoms with Crippen LogP contribution >= 0.6 is 11.8 Å². The smallest absolute Gasteiger partial charge is 0.0122 e. The summed E-state index contributed by atoms with van der Waals surface area (Å²) in [6.45, 7) is 15.9. The first kappa shape index (κ1) is 14.6. The Morgan fingerprint density at radius 2 is 1.53 bits per heavy atom. The highest BCUT2D eigenvalue weighted by Gasteiger charge is 2.17. The molecular weight excluding hydrogens is 224 g/mol. The Morgan fingerprint density at radius 3 is 1.94 bits per heavy atom. The molecule has 0 saturated carbocycles. The third kappa shape index (κ3) is 4.39. The zero-order valence-electron chi connectivity index (χ0n) is 12.3. The minimum atomic E-state index is 0.277. The summed E-state index contributed by atoms with van der Waals surface area (Å²) in [4.78, 5) is 1.46. The van der Waals surface area contributed by atoms with E-state index in [-0.39, 0.29) is 4.75 Å². The molecule has 1 aromatic carbocycles. The lowest BCUT2D eigenvalue weighted by atomic mass is 9.97. The summed E-state index contributed by atoms with van der Waals surface area (Å²) in [5, 5.41) is 0. The quantitative estimate of drug-likeness (QED) is 0.609. The number of hydrogen-bond acceptors (Lipinski definition) is 1. The van der Waals surface area contributed by atoms with E-state index in [2.05, 4.69) is 66.7 Å². The van der Waals surface area contributed by atoms with Crippen molar-refractivity contribution >= 4 is 11.8 Å². The molecule has 96 valence electrons. The third-order valence-electron chi connectivity index (χ3n) is 2.74. The Kier molecular flexibility index (Phi) is 4.71. The summed E-state index contributed by atoms with van der Waals surface area (Å²) in [7, 11) is 0. The molecule has 0 radical (unpaired) electrons. The van der Waals surface area contributed by atoms with E-state index in [1.54, 1.807) is 0 Å². The Morgan fingerprint density at radius 1 is 0.941 bits per heavy atom. The van der Waals surface area contributed by atoms with Crippen LogP contribution in [0.4, 0.5) is 0 Å². The van der Waals surface area contributed by atoms with Gasteiger partial charge in [-0.15, -0.1) is 11.8 Å². The first-order chi connectivity index (χ1) is 7.70. The molecule has 0 atom stereocenters. The summed E-state index contributed by atoms with van der Waals surface area (Å²) in [6.07, 6.45) is 0. The van der Waals surface area contributed by atoms with Gasteiger partial charge in [-0.05, 0) is 29.0 Å². The van der Waals surface area contributed by atoms with E-state index in [4.69, 9.17) is 0 Å². The monoisotopic (exact) mass is 250 g/mol. The van der Waals surface area contributed by atoms with Crippen molar-refractivity contribution in [1.29, 1.82) is 0 Å². The molecule has 0 amide bonds. The summed E-state index contributed by atoms with van der Waals surface area (Å²) in [5.41, 5.74) is 2.93. The molecule has 0 heterocycles. The largest absolute Gasteiger partial charge is 0.120 e. The standard InChI is InChI=1S/C16H26S/c1-11(2)13-8-9-14(12(3)4)15(10-13)17-16(5,6)7/h8-12H,1-7H3. The van der Waals surface area contributed by atoms with Gasteiger partial charge in [-0.3, -0.25) is 0 Å². The predicted octanol–water partition coefficient (Wildman–Crippen LogP) is 5.82. The van der Waals surface area contributed by atoms with Gasteiger partial charge in [-0.25, -0.2) is 0 Å². The third-order valence-corrected chi connectivity index (χ3v) is 3.93. The molecule has 0 spiro atoms. The van der Waals surface area contributed by atoms with E-state index in [0.717, 1.165) is 0 Å². The molecule has 0 aromatic heterocycles. The van der Waals surface area contributed by atoms with E-state index in [1.165, 1.54) is 16.0 Å². The van der Waals surface area contributed by atoms with Gasteiger partial charge < -0.3 is 0 Å². The average molecular weight is 250 g/mol. The fourth-order valence-corrected chi connectivity index (χ4v) is 3.08. The Hall–Kier alpha value is -0.430. The minimum Gasteiger partial charge on any atom is -0.120 e. The highest BCUT2D eigenvalue weighted by molar-refractivity contribution is 8.00. The molecule has 0 aliphatic carbocycles. The van der Waals surface area contributed by atoms with Crippen molar-refractivity contribution in [2.45, 2.75) is 69.9 Å². The van der Waals surface area contributed by atoms with Gasteiger partial charge in [0.15, 0.2) is 0 Å². The van der Waals surface area contributed by atoms with Crippen LogP contribution in [0.2, 0.25) is 0 Å². The topological polar surface area (TPSA) is 0 Å². The average Bonchev–Trinajstić information content (AvgIpc) is 2.14. The summed E-state index contributed by atoms with van der Waals surface area (Å²) < 4.78 is 0.277. The first-order valence-corrected chi connectivity index (χ1v) is 7.35. The van der Waals surface area contributed by atoms with Crippen molar-refractivity contribution in [3.05, 3.63) is 29.3 Å². The Bertz CT molecular complexity index is 370. The molecular formula is C16H26S. The lowest BCUT2D eigenvalue weighted by Gasteiger charge is -2.22. The Balaban J connectivity index is 3.16. The van der Waals surface area contributed by atoms with Crippen molar-refractivity contribution in [2.75, 3.05) is 0 Å². The van der Waals surface area contributed by atoms with Crippen LogP contribution < -0.4 is 0 Å². The number of hydrogen-bond donors (Lipinski definition) is 0. The maximum absolute atomic E-state index is 2.38. The molecule has 1 heteroatoms. The van der Waals surface area contributed by atoms with E-state index < -0.39 is 0 Å². The number of rotatable bonds is 3. The zero-order valence-corrected chi connectivity index (χ0v) is 13.1. The van der Waals surface area contributed by atoms with E-state index in [0.29, 0.717) is 11.8 Å². The highest BCUT2D eigenvalue weighted by atomic mass is 32.2. The molecule has 0 unspecified atom stereocenters.